The zero-order chi connectivity index (χ0) is 14.7. The molecule has 2 N–H and O–H groups in total. The second kappa shape index (κ2) is 6.13. The van der Waals surface area contributed by atoms with Crippen molar-refractivity contribution in [1.82, 2.24) is 0 Å². The predicted octanol–water partition coefficient (Wildman–Crippen LogP) is 4.49. The van der Waals surface area contributed by atoms with Crippen LogP contribution in [0.4, 0.5) is 14.5 Å². The first-order valence-electron chi connectivity index (χ1n) is 6.15. The minimum absolute atomic E-state index is 0.139. The number of nitrogens with two attached hydrogens (primary N) is 1. The number of halogens is 2. The average Bonchev–Trinajstić information content (AvgIpc) is 2.34. The lowest BCUT2D eigenvalue weighted by atomic mass is 10.3. The molecule has 2 aromatic rings. The van der Waals surface area contributed by atoms with E-state index in [1.165, 1.54) is 30.0 Å². The van der Waals surface area contributed by atoms with Gasteiger partial charge in [-0.1, -0.05) is 17.8 Å². The van der Waals surface area contributed by atoms with Crippen molar-refractivity contribution < 1.29 is 13.5 Å². The highest BCUT2D eigenvalue weighted by Gasteiger charge is 2.12. The largest absolute Gasteiger partial charge is 0.488 e. The maximum atomic E-state index is 13.7. The molecule has 0 saturated carbocycles. The van der Waals surface area contributed by atoms with E-state index in [2.05, 4.69) is 0 Å². The summed E-state index contributed by atoms with van der Waals surface area (Å²) in [6, 6.07) is 8.91. The van der Waals surface area contributed by atoms with Gasteiger partial charge in [-0.15, -0.1) is 0 Å². The molecule has 0 aliphatic rings. The topological polar surface area (TPSA) is 35.2 Å². The van der Waals surface area contributed by atoms with E-state index in [0.717, 1.165) is 0 Å². The van der Waals surface area contributed by atoms with Crippen LogP contribution >= 0.6 is 11.8 Å². The molecule has 0 unspecified atom stereocenters. The minimum atomic E-state index is -0.500. The Morgan fingerprint density at radius 3 is 2.55 bits per heavy atom. The van der Waals surface area contributed by atoms with Crippen LogP contribution in [-0.4, -0.2) is 6.10 Å². The number of benzene rings is 2. The molecule has 0 fully saturated rings. The van der Waals surface area contributed by atoms with Crippen LogP contribution in [-0.2, 0) is 0 Å². The third-order valence-corrected chi connectivity index (χ3v) is 3.51. The highest BCUT2D eigenvalue weighted by atomic mass is 32.2. The summed E-state index contributed by atoms with van der Waals surface area (Å²) in [7, 11) is 0. The van der Waals surface area contributed by atoms with Crippen LogP contribution in [0.3, 0.4) is 0 Å². The van der Waals surface area contributed by atoms with Crippen molar-refractivity contribution in [3.05, 3.63) is 48.0 Å². The monoisotopic (exact) mass is 295 g/mol. The fourth-order valence-electron chi connectivity index (χ4n) is 1.64. The van der Waals surface area contributed by atoms with E-state index >= 15 is 0 Å². The molecule has 0 bridgehead atoms. The Balaban J connectivity index is 2.31. The molecule has 2 rings (SSSR count). The summed E-state index contributed by atoms with van der Waals surface area (Å²) in [5, 5.41) is 0. The number of hydrogen-bond donors (Lipinski definition) is 1. The molecule has 0 saturated heterocycles. The van der Waals surface area contributed by atoms with Gasteiger partial charge in [-0.05, 0) is 38.1 Å². The van der Waals surface area contributed by atoms with Gasteiger partial charge in [0.15, 0.2) is 11.6 Å². The molecule has 5 heteroatoms. The number of hydrogen-bond acceptors (Lipinski definition) is 3. The highest BCUT2D eigenvalue weighted by molar-refractivity contribution is 7.99. The molecule has 0 radical (unpaired) electrons. The summed E-state index contributed by atoms with van der Waals surface area (Å²) in [6.45, 7) is 3.63. The van der Waals surface area contributed by atoms with Gasteiger partial charge in [0.05, 0.1) is 6.10 Å². The van der Waals surface area contributed by atoms with Crippen molar-refractivity contribution in [2.75, 3.05) is 5.73 Å². The summed E-state index contributed by atoms with van der Waals surface area (Å²) >= 11 is 1.27. The SMILES string of the molecule is CC(C)Oc1cc(Sc2cccc(F)c2)c(N)cc1F. The normalized spacial score (nSPS) is 10.8. The van der Waals surface area contributed by atoms with Crippen molar-refractivity contribution in [1.29, 1.82) is 0 Å². The third kappa shape index (κ3) is 3.63. The van der Waals surface area contributed by atoms with Crippen molar-refractivity contribution in [3.8, 4) is 5.75 Å². The van der Waals surface area contributed by atoms with Crippen LogP contribution in [0.2, 0.25) is 0 Å². The third-order valence-electron chi connectivity index (χ3n) is 2.45. The second-order valence-corrected chi connectivity index (χ2v) is 5.66. The number of nitrogen functional groups attached to an aromatic ring is 1. The van der Waals surface area contributed by atoms with E-state index in [0.29, 0.717) is 15.5 Å². The summed E-state index contributed by atoms with van der Waals surface area (Å²) in [5.41, 5.74) is 6.10. The van der Waals surface area contributed by atoms with Gasteiger partial charge in [-0.2, -0.15) is 0 Å². The molecule has 0 spiro atoms. The van der Waals surface area contributed by atoms with Crippen LogP contribution in [0.5, 0.6) is 5.75 Å². The van der Waals surface area contributed by atoms with Crippen LogP contribution in [0, 0.1) is 11.6 Å². The predicted molar refractivity (Wildman–Crippen MR) is 77.1 cm³/mol. The molecule has 2 aromatic carbocycles. The molecule has 0 atom stereocenters. The maximum absolute atomic E-state index is 13.7. The van der Waals surface area contributed by atoms with Gasteiger partial charge in [0.1, 0.15) is 5.82 Å². The van der Waals surface area contributed by atoms with Crippen LogP contribution in [0.15, 0.2) is 46.2 Å². The van der Waals surface area contributed by atoms with Gasteiger partial charge in [0.25, 0.3) is 0 Å². The fourth-order valence-corrected chi connectivity index (χ4v) is 2.56. The van der Waals surface area contributed by atoms with Crippen LogP contribution < -0.4 is 10.5 Å². The van der Waals surface area contributed by atoms with E-state index in [1.807, 2.05) is 13.8 Å². The standard InChI is InChI=1S/C15H15F2NOS/c1-9(2)19-14-8-15(13(18)7-12(14)17)20-11-5-3-4-10(16)6-11/h3-9H,18H2,1-2H3. The van der Waals surface area contributed by atoms with Gasteiger partial charge < -0.3 is 10.5 Å². The Bertz CT molecular complexity index is 617. The highest BCUT2D eigenvalue weighted by Crippen LogP contribution is 2.36. The lowest BCUT2D eigenvalue weighted by Gasteiger charge is -2.13. The van der Waals surface area contributed by atoms with Gasteiger partial charge in [-0.3, -0.25) is 0 Å². The van der Waals surface area contributed by atoms with Crippen LogP contribution in [0.1, 0.15) is 13.8 Å². The minimum Gasteiger partial charge on any atom is -0.488 e. The van der Waals surface area contributed by atoms with E-state index < -0.39 is 5.82 Å². The molecule has 0 aliphatic carbocycles. The number of anilines is 1. The molecular formula is C15H15F2NOS. The lowest BCUT2D eigenvalue weighted by Crippen LogP contribution is -2.07. The van der Waals surface area contributed by atoms with Crippen molar-refractivity contribution in [2.24, 2.45) is 0 Å². The lowest BCUT2D eigenvalue weighted by molar-refractivity contribution is 0.230. The maximum Gasteiger partial charge on any atom is 0.167 e. The molecule has 20 heavy (non-hydrogen) atoms. The molecule has 2 nitrogen and oxygen atoms in total. The fraction of sp³-hybridized carbons (Fsp3) is 0.200. The van der Waals surface area contributed by atoms with E-state index in [-0.39, 0.29) is 17.7 Å². The van der Waals surface area contributed by atoms with Gasteiger partial charge in [0.2, 0.25) is 0 Å². The molecule has 0 amide bonds. The Morgan fingerprint density at radius 1 is 1.15 bits per heavy atom. The summed E-state index contributed by atoms with van der Waals surface area (Å²) < 4.78 is 32.3. The number of rotatable bonds is 4. The first-order chi connectivity index (χ1) is 9.45. The van der Waals surface area contributed by atoms with E-state index in [4.69, 9.17) is 10.5 Å². The summed E-state index contributed by atoms with van der Waals surface area (Å²) in [4.78, 5) is 1.33. The Hall–Kier alpha value is -1.75. The Morgan fingerprint density at radius 2 is 1.90 bits per heavy atom. The smallest absolute Gasteiger partial charge is 0.167 e. The second-order valence-electron chi connectivity index (χ2n) is 4.55. The Kier molecular flexibility index (Phi) is 4.49. The zero-order valence-corrected chi connectivity index (χ0v) is 12.0. The quantitative estimate of drug-likeness (QED) is 0.844. The van der Waals surface area contributed by atoms with Crippen molar-refractivity contribution in [2.45, 2.75) is 29.7 Å². The average molecular weight is 295 g/mol. The van der Waals surface area contributed by atoms with Crippen LogP contribution in [0.25, 0.3) is 0 Å². The zero-order valence-electron chi connectivity index (χ0n) is 11.2. The molecule has 0 aliphatic heterocycles. The summed E-state index contributed by atoms with van der Waals surface area (Å²) in [6.07, 6.45) is -0.139. The first-order valence-corrected chi connectivity index (χ1v) is 6.96. The first kappa shape index (κ1) is 14.7. The van der Waals surface area contributed by atoms with Crippen molar-refractivity contribution in [3.63, 3.8) is 0 Å². The molecule has 0 heterocycles. The van der Waals surface area contributed by atoms with E-state index in [9.17, 15) is 8.78 Å². The van der Waals surface area contributed by atoms with Gasteiger partial charge in [-0.25, -0.2) is 8.78 Å². The van der Waals surface area contributed by atoms with E-state index in [1.54, 1.807) is 18.2 Å². The molecular weight excluding hydrogens is 280 g/mol. The van der Waals surface area contributed by atoms with Crippen molar-refractivity contribution >= 4 is 17.4 Å². The molecule has 0 aromatic heterocycles. The number of ether oxygens (including phenoxy) is 1. The van der Waals surface area contributed by atoms with Gasteiger partial charge >= 0.3 is 0 Å². The van der Waals surface area contributed by atoms with Gasteiger partial charge in [0, 0.05) is 21.5 Å². The summed E-state index contributed by atoms with van der Waals surface area (Å²) in [5.74, 6) is -0.678. The molecule has 106 valence electrons. The Labute approximate surface area is 120 Å².